The van der Waals surface area contributed by atoms with Crippen LogP contribution in [0.1, 0.15) is 51.0 Å². The lowest BCUT2D eigenvalue weighted by atomic mass is 9.90. The molecule has 0 fully saturated rings. The number of benzene rings is 1. The Hall–Kier alpha value is -1.38. The molecule has 0 saturated heterocycles. The zero-order valence-corrected chi connectivity index (χ0v) is 18.8. The number of ether oxygens (including phenoxy) is 1. The molecule has 1 radical (unpaired) electrons. The van der Waals surface area contributed by atoms with E-state index in [1.54, 1.807) is 11.1 Å². The van der Waals surface area contributed by atoms with Crippen molar-refractivity contribution in [2.24, 2.45) is 0 Å². The molecule has 0 unspecified atom stereocenters. The zero-order chi connectivity index (χ0) is 19.7. The largest absolute Gasteiger partial charge is 0.376 e. The summed E-state index contributed by atoms with van der Waals surface area (Å²) in [7, 11) is -1.39. The van der Waals surface area contributed by atoms with Gasteiger partial charge in [-0.05, 0) is 36.0 Å². The van der Waals surface area contributed by atoms with E-state index in [0.717, 1.165) is 13.0 Å². The fraction of sp³-hybridized carbons (Fsp3) is 0.480. The van der Waals surface area contributed by atoms with Crippen LogP contribution >= 0.6 is 0 Å². The van der Waals surface area contributed by atoms with Crippen molar-refractivity contribution >= 4 is 8.07 Å². The van der Waals surface area contributed by atoms with Crippen LogP contribution in [-0.4, -0.2) is 14.7 Å². The maximum Gasteiger partial charge on any atom is 0.0717 e. The van der Waals surface area contributed by atoms with Crippen LogP contribution in [0.4, 0.5) is 0 Å². The van der Waals surface area contributed by atoms with E-state index in [1.807, 2.05) is 6.07 Å². The first-order chi connectivity index (χ1) is 12.9. The summed E-state index contributed by atoms with van der Waals surface area (Å²) in [5, 5.41) is 0. The zero-order valence-electron chi connectivity index (χ0n) is 17.8. The summed E-state index contributed by atoms with van der Waals surface area (Å²) in [5.74, 6) is 0. The second-order valence-corrected chi connectivity index (χ2v) is 13.6. The maximum absolute atomic E-state index is 5.90. The Labute approximate surface area is 168 Å². The molecule has 0 heterocycles. The molecule has 0 N–H and O–H groups in total. The molecule has 0 saturated carbocycles. The Kier molecular flexibility index (Phi) is 8.78. The van der Waals surface area contributed by atoms with E-state index in [0.29, 0.717) is 6.61 Å². The van der Waals surface area contributed by atoms with Crippen molar-refractivity contribution in [1.82, 2.24) is 0 Å². The van der Waals surface area contributed by atoms with Crippen LogP contribution in [-0.2, 0) is 11.3 Å². The van der Waals surface area contributed by atoms with Crippen molar-refractivity contribution in [3.8, 4) is 0 Å². The number of allylic oxidation sites excluding steroid dienone is 4. The molecule has 1 aromatic rings. The van der Waals surface area contributed by atoms with E-state index in [1.165, 1.54) is 48.8 Å². The molecule has 147 valence electrons. The minimum Gasteiger partial charge on any atom is -0.376 e. The summed E-state index contributed by atoms with van der Waals surface area (Å²) < 4.78 is 5.90. The molecule has 0 aromatic heterocycles. The van der Waals surface area contributed by atoms with Crippen molar-refractivity contribution in [2.75, 3.05) is 6.61 Å². The summed E-state index contributed by atoms with van der Waals surface area (Å²) in [4.78, 5) is 0. The minimum absolute atomic E-state index is 0.689. The summed E-state index contributed by atoms with van der Waals surface area (Å²) in [6.45, 7) is 15.5. The monoisotopic (exact) mass is 381 g/mol. The van der Waals surface area contributed by atoms with Crippen LogP contribution in [0.15, 0.2) is 65.8 Å². The Bertz CT molecular complexity index is 649. The van der Waals surface area contributed by atoms with Gasteiger partial charge in [0, 0.05) is 5.54 Å². The first kappa shape index (κ1) is 21.9. The molecule has 2 rings (SSSR count). The second kappa shape index (κ2) is 10.8. The second-order valence-electron chi connectivity index (χ2n) is 8.64. The lowest BCUT2D eigenvalue weighted by Crippen LogP contribution is -2.34. The van der Waals surface area contributed by atoms with Gasteiger partial charge in [0.05, 0.1) is 21.3 Å². The summed E-state index contributed by atoms with van der Waals surface area (Å²) in [6, 6.07) is 10.4. The molecule has 0 spiro atoms. The topological polar surface area (TPSA) is 9.23 Å². The van der Waals surface area contributed by atoms with Crippen molar-refractivity contribution in [3.63, 3.8) is 0 Å². The van der Waals surface area contributed by atoms with Crippen LogP contribution in [0.2, 0.25) is 19.6 Å². The standard InChI is InChI=1S/C25H37OSi/c1-6-7-8-12-15-24-19-23(18-21(2)25(24)27(3,4)5)16-17-26-20-22-13-10-9-11-14-22/h9-11,13-14,18-19H,2,6-8,12,15-17,20H2,1,3-5H3. The number of rotatable bonds is 11. The van der Waals surface area contributed by atoms with Gasteiger partial charge < -0.3 is 4.74 Å². The molecule has 27 heavy (non-hydrogen) atoms. The third-order valence-electron chi connectivity index (χ3n) is 5.06. The summed E-state index contributed by atoms with van der Waals surface area (Å²) in [5.41, 5.74) is 6.99. The minimum atomic E-state index is -1.39. The van der Waals surface area contributed by atoms with Crippen molar-refractivity contribution in [2.45, 2.75) is 71.7 Å². The Morgan fingerprint density at radius 1 is 0.926 bits per heavy atom. The molecule has 1 nitrogen and oxygen atoms in total. The Morgan fingerprint density at radius 2 is 1.67 bits per heavy atom. The highest BCUT2D eigenvalue weighted by Gasteiger charge is 2.33. The highest BCUT2D eigenvalue weighted by Crippen LogP contribution is 2.40. The van der Waals surface area contributed by atoms with Gasteiger partial charge in [-0.1, -0.05) is 100 Å². The average Bonchev–Trinajstić information content (AvgIpc) is 2.62. The van der Waals surface area contributed by atoms with Crippen LogP contribution in [0.3, 0.4) is 0 Å². The van der Waals surface area contributed by atoms with Crippen LogP contribution in [0.25, 0.3) is 0 Å². The third kappa shape index (κ3) is 7.27. The van der Waals surface area contributed by atoms with E-state index in [4.69, 9.17) is 4.74 Å². The van der Waals surface area contributed by atoms with Gasteiger partial charge in [0.2, 0.25) is 0 Å². The first-order valence-corrected chi connectivity index (χ1v) is 14.0. The normalized spacial score (nSPS) is 15.6. The molecule has 2 heteroatoms. The smallest absolute Gasteiger partial charge is 0.0717 e. The highest BCUT2D eigenvalue weighted by atomic mass is 28.3. The number of hydrogen-bond acceptors (Lipinski definition) is 1. The summed E-state index contributed by atoms with van der Waals surface area (Å²) >= 11 is 0. The van der Waals surface area contributed by atoms with Gasteiger partial charge in [0.1, 0.15) is 0 Å². The molecule has 0 atom stereocenters. The lowest BCUT2D eigenvalue weighted by Gasteiger charge is -2.34. The quantitative estimate of drug-likeness (QED) is 0.286. The SMILES string of the molecule is C=C1C=C(CCOCc2ccccc2)C=C(CCCCCC)[C]1[Si](C)(C)C. The molecule has 1 aromatic carbocycles. The molecule has 0 amide bonds. The van der Waals surface area contributed by atoms with Gasteiger partial charge in [-0.3, -0.25) is 0 Å². The van der Waals surface area contributed by atoms with E-state index in [2.05, 4.69) is 69.6 Å². The van der Waals surface area contributed by atoms with E-state index in [9.17, 15) is 0 Å². The lowest BCUT2D eigenvalue weighted by molar-refractivity contribution is 0.124. The number of unbranched alkanes of at least 4 members (excludes halogenated alkanes) is 3. The van der Waals surface area contributed by atoms with Crippen molar-refractivity contribution in [3.05, 3.63) is 76.9 Å². The molecule has 0 aliphatic heterocycles. The molecular weight excluding hydrogens is 344 g/mol. The van der Waals surface area contributed by atoms with Crippen molar-refractivity contribution in [1.29, 1.82) is 0 Å². The predicted molar refractivity (Wildman–Crippen MR) is 121 cm³/mol. The highest BCUT2D eigenvalue weighted by molar-refractivity contribution is 6.83. The van der Waals surface area contributed by atoms with Gasteiger partial charge in [-0.15, -0.1) is 0 Å². The molecular formula is C25H37OSi. The fourth-order valence-corrected chi connectivity index (χ4v) is 6.04. The van der Waals surface area contributed by atoms with Gasteiger partial charge in [0.25, 0.3) is 0 Å². The predicted octanol–water partition coefficient (Wildman–Crippen LogP) is 7.44. The van der Waals surface area contributed by atoms with E-state index < -0.39 is 8.07 Å². The van der Waals surface area contributed by atoms with E-state index in [-0.39, 0.29) is 0 Å². The molecule has 1 aliphatic rings. The van der Waals surface area contributed by atoms with Gasteiger partial charge in [-0.2, -0.15) is 0 Å². The maximum atomic E-state index is 5.90. The fourth-order valence-electron chi connectivity index (χ4n) is 3.84. The van der Waals surface area contributed by atoms with Crippen LogP contribution in [0, 0.1) is 5.54 Å². The van der Waals surface area contributed by atoms with Crippen molar-refractivity contribution < 1.29 is 4.74 Å². The third-order valence-corrected chi connectivity index (χ3v) is 7.20. The average molecular weight is 382 g/mol. The first-order valence-electron chi connectivity index (χ1n) is 10.5. The van der Waals surface area contributed by atoms with Gasteiger partial charge in [-0.25, -0.2) is 0 Å². The summed E-state index contributed by atoms with van der Waals surface area (Å²) in [6.07, 6.45) is 12.2. The number of hydrogen-bond donors (Lipinski definition) is 0. The van der Waals surface area contributed by atoms with Gasteiger partial charge in [0.15, 0.2) is 0 Å². The molecule has 1 aliphatic carbocycles. The van der Waals surface area contributed by atoms with E-state index >= 15 is 0 Å². The Balaban J connectivity index is 1.94. The van der Waals surface area contributed by atoms with Gasteiger partial charge >= 0.3 is 0 Å². The van der Waals surface area contributed by atoms with Crippen LogP contribution in [0.5, 0.6) is 0 Å². The Morgan fingerprint density at radius 3 is 2.33 bits per heavy atom. The molecule has 0 bridgehead atoms. The van der Waals surface area contributed by atoms with Crippen LogP contribution < -0.4 is 0 Å².